The van der Waals surface area contributed by atoms with Crippen LogP contribution in [0.2, 0.25) is 5.02 Å². The van der Waals surface area contributed by atoms with Gasteiger partial charge in [0.15, 0.2) is 0 Å². The SMILES string of the molecule is CCCOC(=O)Nc1cccc(-c2c(C#N)c3cc(Cl)ccc3n2CC)c1.CCn1c(-c2ccc(N)cc2)c(C#N)c2cc(F)ccc21.CCn1c(-c2ccc(NS(=O)(=O)CC)cc2)c(C#N)c2cc(F)ccc21.CCn1c(-c2ccc(NS(C)(=O)=O)cc2)c(C#N)c2cc(F)ccc21.CCn1c(-c2ccc(S(=O)(=O)NC)cc2)c(C#N)c2cc(F)ccc21.CCn1c(-c2ccc(S(N)(=O)=O)cc2)c(C#N)c2cc(F)ccc21. The van der Waals surface area contributed by atoms with Crippen molar-refractivity contribution in [1.82, 2.24) is 32.1 Å². The number of halogens is 6. The lowest BCUT2D eigenvalue weighted by molar-refractivity contribution is 0.161. The van der Waals surface area contributed by atoms with Gasteiger partial charge in [-0.2, -0.15) is 31.6 Å². The van der Waals surface area contributed by atoms with E-state index >= 15 is 0 Å². The van der Waals surface area contributed by atoms with Crippen molar-refractivity contribution in [2.24, 2.45) is 5.14 Å². The first-order valence-electron chi connectivity index (χ1n) is 46.3. The number of hydrogen-bond donors (Lipinski definition) is 6. The van der Waals surface area contributed by atoms with Gasteiger partial charge in [0, 0.05) is 110 Å². The number of nitriles is 6. The molecule has 0 saturated heterocycles. The molecule has 0 aliphatic heterocycles. The van der Waals surface area contributed by atoms with Crippen LogP contribution in [0.5, 0.6) is 0 Å². The van der Waals surface area contributed by atoms with Crippen molar-refractivity contribution in [1.29, 1.82) is 31.6 Å². The lowest BCUT2D eigenvalue weighted by atomic mass is 10.1. The molecular weight excluding hydrogens is 1990 g/mol. The van der Waals surface area contributed by atoms with E-state index in [9.17, 15) is 92.0 Å². The Kier molecular flexibility index (Phi) is 34.0. The average Bonchev–Trinajstić information content (AvgIpc) is 1.62. The highest BCUT2D eigenvalue weighted by Gasteiger charge is 2.28. The Bertz CT molecular complexity index is 8940. The molecule has 0 fully saturated rings. The number of carbonyl (C=O) groups excluding carboxylic acids is 1. The highest BCUT2D eigenvalue weighted by Crippen LogP contribution is 2.43. The second-order valence-corrected chi connectivity index (χ2v) is 40.9. The lowest BCUT2D eigenvalue weighted by Gasteiger charge is -2.11. The smallest absolute Gasteiger partial charge is 0.411 e. The molecule has 12 aromatic carbocycles. The largest absolute Gasteiger partial charge is 0.449 e. The van der Waals surface area contributed by atoms with E-state index < -0.39 is 69.5 Å². The number of ether oxygens (including phenoxy) is 1. The summed E-state index contributed by atoms with van der Waals surface area (Å²) in [4.78, 5) is 12.0. The molecule has 0 unspecified atom stereocenters. The van der Waals surface area contributed by atoms with Crippen molar-refractivity contribution >= 4 is 146 Å². The van der Waals surface area contributed by atoms with Gasteiger partial charge in [-0.1, -0.05) is 91.3 Å². The van der Waals surface area contributed by atoms with Crippen LogP contribution in [0.3, 0.4) is 0 Å². The van der Waals surface area contributed by atoms with Crippen LogP contribution in [0.25, 0.3) is 133 Å². The molecule has 0 radical (unpaired) electrons. The molecule has 0 aliphatic carbocycles. The molecular formula is C110H98ClF5N18O10S4. The Labute approximate surface area is 857 Å². The van der Waals surface area contributed by atoms with E-state index in [1.807, 2.05) is 120 Å². The van der Waals surface area contributed by atoms with Gasteiger partial charge in [0.1, 0.15) is 65.5 Å². The summed E-state index contributed by atoms with van der Waals surface area (Å²) in [6.07, 6.45) is 1.36. The fourth-order valence-electron chi connectivity index (χ4n) is 17.7. The number of amides is 1. The average molecular weight is 2090 g/mol. The van der Waals surface area contributed by atoms with Gasteiger partial charge in [-0.3, -0.25) is 14.8 Å². The number of hydrogen-bond acceptors (Lipinski definition) is 17. The normalized spacial score (nSPS) is 11.2. The maximum Gasteiger partial charge on any atom is 0.411 e. The molecule has 6 aromatic heterocycles. The van der Waals surface area contributed by atoms with Crippen LogP contribution in [-0.4, -0.2) is 92.8 Å². The number of nitrogens with zero attached hydrogens (tertiary/aromatic N) is 12. The van der Waals surface area contributed by atoms with Crippen LogP contribution in [-0.2, 0) is 84.1 Å². The predicted octanol–water partition coefficient (Wildman–Crippen LogP) is 23.8. The molecule has 18 aromatic rings. The van der Waals surface area contributed by atoms with Crippen LogP contribution < -0.4 is 30.4 Å². The fraction of sp³-hybridized carbons (Fsp3) is 0.173. The highest BCUT2D eigenvalue weighted by atomic mass is 35.5. The molecule has 6 heterocycles. The topological polar surface area (TPSA) is 435 Å². The van der Waals surface area contributed by atoms with Gasteiger partial charge in [-0.05, 0) is 272 Å². The zero-order valence-electron chi connectivity index (χ0n) is 81.6. The Balaban J connectivity index is 0.000000148. The lowest BCUT2D eigenvalue weighted by Crippen LogP contribution is -2.18. The molecule has 0 saturated carbocycles. The van der Waals surface area contributed by atoms with Crippen LogP contribution in [0.4, 0.5) is 49.5 Å². The van der Waals surface area contributed by atoms with Crippen LogP contribution in [0, 0.1) is 97.1 Å². The fourth-order valence-corrected chi connectivity index (χ4v) is 20.3. The number of nitrogen functional groups attached to an aromatic ring is 1. The van der Waals surface area contributed by atoms with Crippen molar-refractivity contribution < 1.29 is 65.2 Å². The molecule has 148 heavy (non-hydrogen) atoms. The standard InChI is InChI=1S/C21H20ClN3O2.C19H18FN3O2S.2C18H16FN3O2S.C17H14FN3O2S.C17H14FN3/c1-3-10-27-21(26)24-16-7-5-6-14(11-16)20-18(13-23)17-12-15(22)8-9-19(17)25(20)4-2;1-3-23-18-10-7-14(20)11-16(18)17(12-21)19(23)13-5-8-15(9-6-13)22-26(24,25)4-2;1-3-22-17-9-6-13(19)10-15(17)16(11-20)18(22)12-4-7-14(8-5-12)21-25(2,23)24;1-3-22-17-9-6-13(19)10-15(17)16(11-20)18(22)12-4-7-14(8-5-12)25(23,24)21-2;1-2-21-16-8-5-12(18)9-14(16)15(10-19)17(21)11-3-6-13(7-4-11)24(20,22)23;1-2-21-16-8-5-12(18)9-14(16)15(10-19)17(21)11-3-6-13(20)7-4-11/h5-9,11-12H,3-4,10H2,1-2H3,(H,24,26);5-11,22H,3-4H2,1-2H3;2*4-10,21H,3H2,1-2H3;3-9H,2H2,1H3,(H2,20,22,23);3-9H,2,20H2,1H3. The van der Waals surface area contributed by atoms with E-state index in [4.69, 9.17) is 27.2 Å². The summed E-state index contributed by atoms with van der Waals surface area (Å²) in [5.41, 5.74) is 24.3. The van der Waals surface area contributed by atoms with Crippen molar-refractivity contribution in [2.45, 2.75) is 111 Å². The summed E-state index contributed by atoms with van der Waals surface area (Å²) in [5, 5.41) is 69.8. The first-order valence-corrected chi connectivity index (χ1v) is 53.3. The Morgan fingerprint density at radius 2 is 0.642 bits per heavy atom. The third kappa shape index (κ3) is 23.4. The number of aryl methyl sites for hydroxylation is 6. The van der Waals surface area contributed by atoms with E-state index in [1.165, 1.54) is 92.0 Å². The number of anilines is 4. The van der Waals surface area contributed by atoms with Crippen molar-refractivity contribution in [3.8, 4) is 104 Å². The molecule has 8 N–H and O–H groups in total. The van der Waals surface area contributed by atoms with Crippen molar-refractivity contribution in [3.05, 3.63) is 322 Å². The van der Waals surface area contributed by atoms with Gasteiger partial charge < -0.3 is 37.9 Å². The van der Waals surface area contributed by atoms with Crippen LogP contribution >= 0.6 is 11.6 Å². The summed E-state index contributed by atoms with van der Waals surface area (Å²) in [6, 6.07) is 81.4. The molecule has 0 spiro atoms. The number of nitrogens with two attached hydrogens (primary N) is 2. The molecule has 38 heteroatoms. The zero-order chi connectivity index (χ0) is 107. The van der Waals surface area contributed by atoms with E-state index in [2.05, 4.69) is 60.5 Å². The molecule has 0 bridgehead atoms. The van der Waals surface area contributed by atoms with Crippen LogP contribution in [0.15, 0.2) is 265 Å². The van der Waals surface area contributed by atoms with Gasteiger partial charge in [0.05, 0.1) is 124 Å². The van der Waals surface area contributed by atoms with Crippen molar-refractivity contribution in [2.75, 3.05) is 46.2 Å². The Hall–Kier alpha value is -16.9. The summed E-state index contributed by atoms with van der Waals surface area (Å²) < 4.78 is 185. The monoisotopic (exact) mass is 2090 g/mol. The number of sulfonamides is 4. The molecule has 1 amide bonds. The number of aromatic nitrogens is 6. The van der Waals surface area contributed by atoms with Gasteiger partial charge in [0.2, 0.25) is 40.1 Å². The number of carbonyl (C=O) groups is 1. The summed E-state index contributed by atoms with van der Waals surface area (Å²) >= 11 is 6.14. The summed E-state index contributed by atoms with van der Waals surface area (Å²) in [6.45, 7) is 19.5. The maximum absolute atomic E-state index is 13.7. The molecule has 0 atom stereocenters. The zero-order valence-corrected chi connectivity index (χ0v) is 85.6. The van der Waals surface area contributed by atoms with E-state index in [-0.39, 0.29) is 21.4 Å². The number of benzene rings is 12. The summed E-state index contributed by atoms with van der Waals surface area (Å²) in [5.74, 6) is -1.95. The quantitative estimate of drug-likeness (QED) is 0.0256. The first-order chi connectivity index (χ1) is 70.8. The highest BCUT2D eigenvalue weighted by molar-refractivity contribution is 7.92. The first kappa shape index (κ1) is 108. The van der Waals surface area contributed by atoms with Gasteiger partial charge in [0.25, 0.3) is 0 Å². The minimum atomic E-state index is -3.78. The molecule has 754 valence electrons. The third-order valence-electron chi connectivity index (χ3n) is 24.2. The number of fused-ring (bicyclic) bond motifs is 6. The number of rotatable bonds is 23. The minimum absolute atomic E-state index is 0.00467. The maximum atomic E-state index is 13.7. The van der Waals surface area contributed by atoms with Crippen molar-refractivity contribution in [3.63, 3.8) is 0 Å². The van der Waals surface area contributed by atoms with Gasteiger partial charge >= 0.3 is 6.09 Å². The van der Waals surface area contributed by atoms with E-state index in [0.717, 1.165) is 84.8 Å². The number of primary sulfonamides is 1. The van der Waals surface area contributed by atoms with Crippen LogP contribution in [0.1, 0.15) is 95.2 Å². The number of nitrogens with one attached hydrogen (secondary N) is 4. The second kappa shape index (κ2) is 46.5. The van der Waals surface area contributed by atoms with E-state index in [0.29, 0.717) is 168 Å². The molecule has 0 aliphatic rings. The Morgan fingerprint density at radius 1 is 0.358 bits per heavy atom. The van der Waals surface area contributed by atoms with Gasteiger partial charge in [-0.25, -0.2) is 70.3 Å². The third-order valence-corrected chi connectivity index (χ3v) is 28.7. The second-order valence-electron chi connectivity index (χ2n) is 33.2. The minimum Gasteiger partial charge on any atom is -0.449 e. The summed E-state index contributed by atoms with van der Waals surface area (Å²) in [7, 11) is -12.7. The molecule has 18 rings (SSSR count). The van der Waals surface area contributed by atoms with E-state index in [1.54, 1.807) is 128 Å². The predicted molar refractivity (Wildman–Crippen MR) is 570 cm³/mol. The molecule has 28 nitrogen and oxygen atoms in total. The Morgan fingerprint density at radius 3 is 0.926 bits per heavy atom. The van der Waals surface area contributed by atoms with Gasteiger partial charge in [-0.15, -0.1) is 0 Å².